The van der Waals surface area contributed by atoms with Gasteiger partial charge in [-0.25, -0.2) is 0 Å². The summed E-state index contributed by atoms with van der Waals surface area (Å²) < 4.78 is 5.57. The molecule has 2 heterocycles. The molecule has 1 amide bonds. The van der Waals surface area contributed by atoms with Crippen molar-refractivity contribution in [1.29, 1.82) is 0 Å². The number of rotatable bonds is 5. The normalized spacial score (nSPS) is 10.6. The summed E-state index contributed by atoms with van der Waals surface area (Å²) >= 11 is 1.27. The molecule has 0 unspecified atom stereocenters. The summed E-state index contributed by atoms with van der Waals surface area (Å²) in [4.78, 5) is 16.3. The van der Waals surface area contributed by atoms with Crippen LogP contribution in [0.5, 0.6) is 5.75 Å². The Kier molecular flexibility index (Phi) is 4.53. The molecule has 0 spiro atoms. The van der Waals surface area contributed by atoms with Crippen molar-refractivity contribution in [3.63, 3.8) is 0 Å². The molecule has 1 N–H and O–H groups in total. The lowest BCUT2D eigenvalue weighted by Crippen LogP contribution is -2.20. The van der Waals surface area contributed by atoms with E-state index in [9.17, 15) is 4.79 Å². The van der Waals surface area contributed by atoms with Gasteiger partial charge in [0.15, 0.2) is 11.6 Å². The maximum Gasteiger partial charge on any atom is 0.264 e. The van der Waals surface area contributed by atoms with Crippen molar-refractivity contribution in [2.24, 2.45) is 0 Å². The molecule has 6 nitrogen and oxygen atoms in total. The van der Waals surface area contributed by atoms with Gasteiger partial charge >= 0.3 is 0 Å². The summed E-state index contributed by atoms with van der Waals surface area (Å²) in [7, 11) is 0. The van der Waals surface area contributed by atoms with Gasteiger partial charge in [-0.3, -0.25) is 15.1 Å². The highest BCUT2D eigenvalue weighted by Crippen LogP contribution is 2.24. The highest BCUT2D eigenvalue weighted by atomic mass is 32.1. The van der Waals surface area contributed by atoms with E-state index in [4.69, 9.17) is 4.74 Å². The Balaban J connectivity index is 1.37. The number of aromatic nitrogens is 3. The average Bonchev–Trinajstić information content (AvgIpc) is 3.15. The third-order valence-electron chi connectivity index (χ3n) is 3.65. The summed E-state index contributed by atoms with van der Waals surface area (Å²) in [6, 6.07) is 19.2. The number of hydrogen-bond acceptors (Lipinski definition) is 6. The Morgan fingerprint density at radius 2 is 1.85 bits per heavy atom. The molecule has 128 valence electrons. The van der Waals surface area contributed by atoms with Gasteiger partial charge in [0.2, 0.25) is 5.13 Å². The zero-order valence-electron chi connectivity index (χ0n) is 13.6. The van der Waals surface area contributed by atoms with E-state index < -0.39 is 0 Å². The average molecular weight is 362 g/mol. The number of carbonyl (C=O) groups is 1. The van der Waals surface area contributed by atoms with Gasteiger partial charge in [-0.2, -0.15) is 0 Å². The number of amides is 1. The molecule has 0 aliphatic carbocycles. The predicted octanol–water partition coefficient (Wildman–Crippen LogP) is 3.77. The first-order valence-electron chi connectivity index (χ1n) is 7.94. The van der Waals surface area contributed by atoms with E-state index in [0.717, 1.165) is 16.5 Å². The summed E-state index contributed by atoms with van der Waals surface area (Å²) in [5.74, 6) is 0.354. The van der Waals surface area contributed by atoms with Crippen LogP contribution in [-0.4, -0.2) is 27.7 Å². The van der Waals surface area contributed by atoms with Crippen LogP contribution >= 0.6 is 11.3 Å². The number of carbonyl (C=O) groups excluding carboxylic acids is 1. The van der Waals surface area contributed by atoms with Gasteiger partial charge in [-0.15, -0.1) is 10.2 Å². The van der Waals surface area contributed by atoms with E-state index in [-0.39, 0.29) is 12.5 Å². The van der Waals surface area contributed by atoms with E-state index in [2.05, 4.69) is 20.5 Å². The number of fused-ring (bicyclic) bond motifs is 1. The largest absolute Gasteiger partial charge is 0.484 e. The Bertz CT molecular complexity index is 1050. The van der Waals surface area contributed by atoms with Crippen LogP contribution in [0.1, 0.15) is 0 Å². The smallest absolute Gasteiger partial charge is 0.264 e. The fourth-order valence-corrected chi connectivity index (χ4v) is 3.16. The summed E-state index contributed by atoms with van der Waals surface area (Å²) in [6.07, 6.45) is 1.69. The minimum absolute atomic E-state index is 0.100. The van der Waals surface area contributed by atoms with Crippen LogP contribution in [0.2, 0.25) is 0 Å². The fraction of sp³-hybridized carbons (Fsp3) is 0.0526. The van der Waals surface area contributed by atoms with Gasteiger partial charge in [-0.1, -0.05) is 47.7 Å². The zero-order chi connectivity index (χ0) is 17.8. The summed E-state index contributed by atoms with van der Waals surface area (Å²) in [6.45, 7) is -0.100. The number of pyridine rings is 1. The Morgan fingerprint density at radius 1 is 1.00 bits per heavy atom. The lowest BCUT2D eigenvalue weighted by atomic mass is 10.1. The molecule has 7 heteroatoms. The van der Waals surface area contributed by atoms with Gasteiger partial charge in [0.25, 0.3) is 5.91 Å². The van der Waals surface area contributed by atoms with Crippen molar-refractivity contribution >= 4 is 33.1 Å². The third-order valence-corrected chi connectivity index (χ3v) is 4.51. The van der Waals surface area contributed by atoms with Crippen molar-refractivity contribution < 1.29 is 9.53 Å². The predicted molar refractivity (Wildman–Crippen MR) is 101 cm³/mol. The summed E-state index contributed by atoms with van der Waals surface area (Å²) in [5, 5.41) is 14.0. The van der Waals surface area contributed by atoms with Crippen molar-refractivity contribution in [2.45, 2.75) is 0 Å². The van der Waals surface area contributed by atoms with Crippen molar-refractivity contribution in [3.05, 3.63) is 66.9 Å². The molecular weight excluding hydrogens is 348 g/mol. The molecule has 0 bridgehead atoms. The summed E-state index contributed by atoms with van der Waals surface area (Å²) in [5.41, 5.74) is 0.720. The minimum Gasteiger partial charge on any atom is -0.484 e. The number of benzene rings is 2. The molecule has 0 radical (unpaired) electrons. The second kappa shape index (κ2) is 7.28. The number of nitrogens with one attached hydrogen (secondary N) is 1. The van der Waals surface area contributed by atoms with E-state index in [0.29, 0.717) is 15.9 Å². The Hall–Kier alpha value is -3.32. The topological polar surface area (TPSA) is 77.0 Å². The lowest BCUT2D eigenvalue weighted by Gasteiger charge is -2.06. The molecular formula is C19H14N4O2S. The van der Waals surface area contributed by atoms with Crippen LogP contribution in [0.15, 0.2) is 66.9 Å². The quantitative estimate of drug-likeness (QED) is 0.585. The van der Waals surface area contributed by atoms with Gasteiger partial charge in [0.05, 0.1) is 0 Å². The molecule has 4 rings (SSSR count). The monoisotopic (exact) mass is 362 g/mol. The lowest BCUT2D eigenvalue weighted by molar-refractivity contribution is -0.118. The second-order valence-electron chi connectivity index (χ2n) is 5.47. The molecule has 2 aromatic heterocycles. The molecule has 4 aromatic rings. The molecule has 0 aliphatic rings. The van der Waals surface area contributed by atoms with Crippen LogP contribution in [0.3, 0.4) is 0 Å². The first-order chi connectivity index (χ1) is 12.8. The van der Waals surface area contributed by atoms with E-state index >= 15 is 0 Å². The molecule has 2 aromatic carbocycles. The zero-order valence-corrected chi connectivity index (χ0v) is 14.4. The van der Waals surface area contributed by atoms with Crippen LogP contribution in [0.4, 0.5) is 5.13 Å². The molecule has 0 saturated heterocycles. The molecule has 26 heavy (non-hydrogen) atoms. The SMILES string of the molecule is O=C(COc1ccc2ccccc2c1)Nc1nnc(-c2ccccn2)s1. The molecule has 0 aliphatic heterocycles. The van der Waals surface area contributed by atoms with E-state index in [1.807, 2.05) is 60.7 Å². The highest BCUT2D eigenvalue weighted by molar-refractivity contribution is 7.18. The third kappa shape index (κ3) is 3.68. The molecule has 0 atom stereocenters. The molecule has 0 saturated carbocycles. The van der Waals surface area contributed by atoms with Crippen molar-refractivity contribution in [2.75, 3.05) is 11.9 Å². The molecule has 0 fully saturated rings. The van der Waals surface area contributed by atoms with Crippen molar-refractivity contribution in [1.82, 2.24) is 15.2 Å². The van der Waals surface area contributed by atoms with E-state index in [1.54, 1.807) is 6.20 Å². The van der Waals surface area contributed by atoms with Gasteiger partial charge in [0.1, 0.15) is 11.4 Å². The maximum absolute atomic E-state index is 12.1. The minimum atomic E-state index is -0.290. The van der Waals surface area contributed by atoms with Crippen LogP contribution in [0, 0.1) is 0 Å². The first kappa shape index (κ1) is 16.2. The standard InChI is InChI=1S/C19H14N4O2S/c24-17(12-25-15-9-8-13-5-1-2-6-14(13)11-15)21-19-23-22-18(26-19)16-7-3-4-10-20-16/h1-11H,12H2,(H,21,23,24). The van der Waals surface area contributed by atoms with E-state index in [1.165, 1.54) is 11.3 Å². The van der Waals surface area contributed by atoms with Gasteiger partial charge in [0, 0.05) is 6.20 Å². The Morgan fingerprint density at radius 3 is 2.69 bits per heavy atom. The Labute approximate surface area is 153 Å². The first-order valence-corrected chi connectivity index (χ1v) is 8.76. The number of hydrogen-bond donors (Lipinski definition) is 1. The maximum atomic E-state index is 12.1. The van der Waals surface area contributed by atoms with Gasteiger partial charge in [-0.05, 0) is 35.0 Å². The van der Waals surface area contributed by atoms with Crippen LogP contribution < -0.4 is 10.1 Å². The fourth-order valence-electron chi connectivity index (χ4n) is 2.43. The number of ether oxygens (including phenoxy) is 1. The number of nitrogens with zero attached hydrogens (tertiary/aromatic N) is 3. The van der Waals surface area contributed by atoms with Crippen molar-refractivity contribution in [3.8, 4) is 16.5 Å². The van der Waals surface area contributed by atoms with Crippen LogP contribution in [-0.2, 0) is 4.79 Å². The second-order valence-corrected chi connectivity index (χ2v) is 6.45. The van der Waals surface area contributed by atoms with Crippen LogP contribution in [0.25, 0.3) is 21.5 Å². The number of anilines is 1. The highest BCUT2D eigenvalue weighted by Gasteiger charge is 2.11. The van der Waals surface area contributed by atoms with Gasteiger partial charge < -0.3 is 4.74 Å².